The molecule has 1 heterocycles. The Hall–Kier alpha value is -1.62. The second-order valence-corrected chi connectivity index (χ2v) is 3.91. The second-order valence-electron chi connectivity index (χ2n) is 3.91. The third-order valence-corrected chi connectivity index (χ3v) is 2.69. The number of carbonyl (C=O) groups excluding carboxylic acids is 1. The molecule has 0 radical (unpaired) electrons. The molecule has 0 spiro atoms. The molecule has 2 rings (SSSR count). The maximum absolute atomic E-state index is 12.7. The molecular formula is C12H14FNO3. The van der Waals surface area contributed by atoms with E-state index in [2.05, 4.69) is 10.1 Å². The van der Waals surface area contributed by atoms with Crippen molar-refractivity contribution < 1.29 is 18.7 Å². The number of esters is 1. The maximum atomic E-state index is 12.7. The van der Waals surface area contributed by atoms with Gasteiger partial charge in [-0.25, -0.2) is 4.39 Å². The summed E-state index contributed by atoms with van der Waals surface area (Å²) in [5.74, 6) is 0.0215. The van der Waals surface area contributed by atoms with Crippen LogP contribution in [-0.4, -0.2) is 31.8 Å². The van der Waals surface area contributed by atoms with Crippen LogP contribution >= 0.6 is 0 Å². The Morgan fingerprint density at radius 2 is 2.12 bits per heavy atom. The third-order valence-electron chi connectivity index (χ3n) is 2.69. The molecule has 0 aliphatic carbocycles. The zero-order valence-corrected chi connectivity index (χ0v) is 9.48. The van der Waals surface area contributed by atoms with Crippen molar-refractivity contribution in [3.63, 3.8) is 0 Å². The maximum Gasteiger partial charge on any atom is 0.323 e. The van der Waals surface area contributed by atoms with Gasteiger partial charge in [0.2, 0.25) is 0 Å². The van der Waals surface area contributed by atoms with Crippen LogP contribution in [0.15, 0.2) is 24.3 Å². The SMILES string of the molecule is COC(=O)[C@@H]1C[C@H](Oc2ccc(F)cc2)CN1. The predicted molar refractivity (Wildman–Crippen MR) is 59.2 cm³/mol. The first-order valence-electron chi connectivity index (χ1n) is 5.42. The number of hydrogen-bond donors (Lipinski definition) is 1. The van der Waals surface area contributed by atoms with E-state index in [4.69, 9.17) is 4.74 Å². The largest absolute Gasteiger partial charge is 0.489 e. The zero-order valence-electron chi connectivity index (χ0n) is 9.48. The van der Waals surface area contributed by atoms with Crippen molar-refractivity contribution in [2.45, 2.75) is 18.6 Å². The monoisotopic (exact) mass is 239 g/mol. The van der Waals surface area contributed by atoms with Gasteiger partial charge in [-0.15, -0.1) is 0 Å². The Kier molecular flexibility index (Phi) is 3.58. The fraction of sp³-hybridized carbons (Fsp3) is 0.417. The predicted octanol–water partition coefficient (Wildman–Crippen LogP) is 1.11. The van der Waals surface area contributed by atoms with Gasteiger partial charge in [0.25, 0.3) is 0 Å². The minimum Gasteiger partial charge on any atom is -0.489 e. The summed E-state index contributed by atoms with van der Waals surface area (Å²) < 4.78 is 22.9. The van der Waals surface area contributed by atoms with Gasteiger partial charge in [0.05, 0.1) is 7.11 Å². The molecule has 1 aromatic rings. The number of benzene rings is 1. The lowest BCUT2D eigenvalue weighted by Gasteiger charge is -2.12. The van der Waals surface area contributed by atoms with Crippen molar-refractivity contribution in [1.82, 2.24) is 5.32 Å². The molecule has 0 aromatic heterocycles. The van der Waals surface area contributed by atoms with E-state index in [1.54, 1.807) is 12.1 Å². The van der Waals surface area contributed by atoms with Crippen LogP contribution in [0.1, 0.15) is 6.42 Å². The topological polar surface area (TPSA) is 47.6 Å². The molecule has 0 saturated carbocycles. The second kappa shape index (κ2) is 5.14. The highest BCUT2D eigenvalue weighted by Crippen LogP contribution is 2.18. The molecule has 2 atom stereocenters. The van der Waals surface area contributed by atoms with Gasteiger partial charge in [-0.3, -0.25) is 4.79 Å². The van der Waals surface area contributed by atoms with E-state index in [1.807, 2.05) is 0 Å². The van der Waals surface area contributed by atoms with Gasteiger partial charge >= 0.3 is 5.97 Å². The molecule has 1 fully saturated rings. The van der Waals surface area contributed by atoms with Gasteiger partial charge in [-0.2, -0.15) is 0 Å². The number of nitrogens with one attached hydrogen (secondary N) is 1. The summed E-state index contributed by atoms with van der Waals surface area (Å²) in [5, 5.41) is 3.02. The van der Waals surface area contributed by atoms with Crippen molar-refractivity contribution >= 4 is 5.97 Å². The number of halogens is 1. The summed E-state index contributed by atoms with van der Waals surface area (Å²) in [6.45, 7) is 0.580. The van der Waals surface area contributed by atoms with Crippen molar-refractivity contribution in [3.05, 3.63) is 30.1 Å². The molecule has 17 heavy (non-hydrogen) atoms. The Morgan fingerprint density at radius 3 is 2.76 bits per heavy atom. The van der Waals surface area contributed by atoms with Crippen molar-refractivity contribution in [2.75, 3.05) is 13.7 Å². The van der Waals surface area contributed by atoms with Crippen LogP contribution in [0.2, 0.25) is 0 Å². The average molecular weight is 239 g/mol. The molecule has 1 aliphatic heterocycles. The van der Waals surface area contributed by atoms with Crippen LogP contribution in [0.5, 0.6) is 5.75 Å². The van der Waals surface area contributed by atoms with Crippen molar-refractivity contribution in [1.29, 1.82) is 0 Å². The van der Waals surface area contributed by atoms with Crippen LogP contribution in [-0.2, 0) is 9.53 Å². The molecule has 1 aliphatic rings. The summed E-state index contributed by atoms with van der Waals surface area (Å²) in [6, 6.07) is 5.51. The molecule has 1 N–H and O–H groups in total. The lowest BCUT2D eigenvalue weighted by atomic mass is 10.2. The first kappa shape index (κ1) is 11.9. The highest BCUT2D eigenvalue weighted by atomic mass is 19.1. The van der Waals surface area contributed by atoms with Crippen LogP contribution in [0.3, 0.4) is 0 Å². The van der Waals surface area contributed by atoms with Gasteiger partial charge in [0.1, 0.15) is 23.7 Å². The smallest absolute Gasteiger partial charge is 0.323 e. The number of hydrogen-bond acceptors (Lipinski definition) is 4. The Balaban J connectivity index is 1.89. The molecule has 1 saturated heterocycles. The first-order valence-corrected chi connectivity index (χ1v) is 5.42. The van der Waals surface area contributed by atoms with E-state index in [9.17, 15) is 9.18 Å². The molecule has 4 nitrogen and oxygen atoms in total. The summed E-state index contributed by atoms with van der Waals surface area (Å²) in [6.07, 6.45) is 0.467. The van der Waals surface area contributed by atoms with E-state index in [-0.39, 0.29) is 23.9 Å². The Morgan fingerprint density at radius 1 is 1.41 bits per heavy atom. The van der Waals surface area contributed by atoms with E-state index < -0.39 is 0 Å². The average Bonchev–Trinajstić information content (AvgIpc) is 2.80. The van der Waals surface area contributed by atoms with Gasteiger partial charge in [0.15, 0.2) is 0 Å². The van der Waals surface area contributed by atoms with Crippen molar-refractivity contribution in [2.24, 2.45) is 0 Å². The fourth-order valence-corrected chi connectivity index (χ4v) is 1.82. The minimum atomic E-state index is -0.314. The van der Waals surface area contributed by atoms with Crippen LogP contribution in [0, 0.1) is 5.82 Å². The lowest BCUT2D eigenvalue weighted by Crippen LogP contribution is -2.31. The summed E-state index contributed by atoms with van der Waals surface area (Å²) in [7, 11) is 1.36. The summed E-state index contributed by atoms with van der Waals surface area (Å²) >= 11 is 0. The molecule has 0 unspecified atom stereocenters. The highest BCUT2D eigenvalue weighted by molar-refractivity contribution is 5.76. The van der Waals surface area contributed by atoms with E-state index in [1.165, 1.54) is 19.2 Å². The van der Waals surface area contributed by atoms with Gasteiger partial charge in [-0.05, 0) is 24.3 Å². The van der Waals surface area contributed by atoms with E-state index in [0.29, 0.717) is 18.7 Å². The van der Waals surface area contributed by atoms with Crippen LogP contribution < -0.4 is 10.1 Å². The van der Waals surface area contributed by atoms with Crippen molar-refractivity contribution in [3.8, 4) is 5.75 Å². The molecule has 0 amide bonds. The van der Waals surface area contributed by atoms with Crippen LogP contribution in [0.4, 0.5) is 4.39 Å². The Bertz CT molecular complexity index is 393. The lowest BCUT2D eigenvalue weighted by molar-refractivity contribution is -0.142. The molecule has 0 bridgehead atoms. The first-order chi connectivity index (χ1) is 8.19. The molecule has 92 valence electrons. The number of rotatable bonds is 3. The number of ether oxygens (including phenoxy) is 2. The highest BCUT2D eigenvalue weighted by Gasteiger charge is 2.31. The van der Waals surface area contributed by atoms with Gasteiger partial charge in [-0.1, -0.05) is 0 Å². The molecule has 1 aromatic carbocycles. The normalized spacial score (nSPS) is 23.4. The third kappa shape index (κ3) is 2.94. The standard InChI is InChI=1S/C12H14FNO3/c1-16-12(15)11-6-10(7-14-11)17-9-4-2-8(13)3-5-9/h2-5,10-11,14H,6-7H2,1H3/t10-,11-/m0/s1. The molecule has 5 heteroatoms. The van der Waals surface area contributed by atoms with Crippen LogP contribution in [0.25, 0.3) is 0 Å². The van der Waals surface area contributed by atoms with E-state index in [0.717, 1.165) is 0 Å². The molecular weight excluding hydrogens is 225 g/mol. The zero-order chi connectivity index (χ0) is 12.3. The summed E-state index contributed by atoms with van der Waals surface area (Å²) in [5.41, 5.74) is 0. The number of carbonyl (C=O) groups is 1. The van der Waals surface area contributed by atoms with Gasteiger partial charge < -0.3 is 14.8 Å². The van der Waals surface area contributed by atoms with E-state index >= 15 is 0 Å². The Labute approximate surface area is 98.7 Å². The quantitative estimate of drug-likeness (QED) is 0.803. The van der Waals surface area contributed by atoms with Gasteiger partial charge in [0, 0.05) is 13.0 Å². The summed E-state index contributed by atoms with van der Waals surface area (Å²) in [4.78, 5) is 11.3. The number of methoxy groups -OCH3 is 1. The fourth-order valence-electron chi connectivity index (χ4n) is 1.82. The minimum absolute atomic E-state index is 0.0930.